The van der Waals surface area contributed by atoms with Gasteiger partial charge in [-0.25, -0.2) is 14.2 Å². The van der Waals surface area contributed by atoms with Crippen LogP contribution in [0, 0.1) is 5.82 Å². The molecule has 0 saturated carbocycles. The minimum Gasteiger partial charge on any atom is -0.307 e. The first-order chi connectivity index (χ1) is 12.2. The van der Waals surface area contributed by atoms with Gasteiger partial charge in [0.05, 0.1) is 11.3 Å². The number of alkyl halides is 3. The summed E-state index contributed by atoms with van der Waals surface area (Å²) in [6.07, 6.45) is -3.25. The van der Waals surface area contributed by atoms with E-state index in [2.05, 4.69) is 36.5 Å². The van der Waals surface area contributed by atoms with Gasteiger partial charge >= 0.3 is 12.2 Å². The summed E-state index contributed by atoms with van der Waals surface area (Å²) < 4.78 is 52.4. The number of urea groups is 1. The quantitative estimate of drug-likeness (QED) is 0.435. The van der Waals surface area contributed by atoms with E-state index in [4.69, 9.17) is 0 Å². The molecule has 0 unspecified atom stereocenters. The molecule has 3 rings (SSSR count). The van der Waals surface area contributed by atoms with Crippen molar-refractivity contribution in [3.63, 3.8) is 0 Å². The number of hydrogen-bond donors (Lipinski definition) is 2. The van der Waals surface area contributed by atoms with Crippen molar-refractivity contribution in [1.82, 2.24) is 9.97 Å². The third kappa shape index (κ3) is 3.90. The number of pyridine rings is 2. The summed E-state index contributed by atoms with van der Waals surface area (Å²) in [7, 11) is 0. The maximum absolute atomic E-state index is 13.1. The standard InChI is InChI=1S/C16H9BrF4N4O/c17-14-13-8(2-1-5-22-13)6-12(24-14)25-15(26)23-11-4-3-9(18)7-10(11)16(19,20)21/h1-7H,(H2,23,24,25,26). The summed E-state index contributed by atoms with van der Waals surface area (Å²) in [5, 5.41) is 5.06. The molecule has 26 heavy (non-hydrogen) atoms. The molecule has 5 nitrogen and oxygen atoms in total. The summed E-state index contributed by atoms with van der Waals surface area (Å²) in [5.74, 6) is -0.957. The molecule has 0 atom stereocenters. The molecule has 3 aromatic rings. The van der Waals surface area contributed by atoms with E-state index in [1.165, 1.54) is 6.07 Å². The van der Waals surface area contributed by atoms with Crippen LogP contribution in [-0.2, 0) is 6.18 Å². The molecule has 2 amide bonds. The number of rotatable bonds is 2. The fourth-order valence-electron chi connectivity index (χ4n) is 2.24. The lowest BCUT2D eigenvalue weighted by atomic mass is 10.1. The molecule has 0 aliphatic carbocycles. The van der Waals surface area contributed by atoms with Crippen LogP contribution in [0.1, 0.15) is 5.56 Å². The Morgan fingerprint density at radius 1 is 1.12 bits per heavy atom. The van der Waals surface area contributed by atoms with Crippen molar-refractivity contribution in [2.24, 2.45) is 0 Å². The first-order valence-corrected chi connectivity index (χ1v) is 7.89. The van der Waals surface area contributed by atoms with Gasteiger partial charge in [0.2, 0.25) is 0 Å². The number of carbonyl (C=O) groups excluding carboxylic acids is 1. The normalized spacial score (nSPS) is 11.4. The third-order valence-electron chi connectivity index (χ3n) is 3.32. The van der Waals surface area contributed by atoms with Gasteiger partial charge in [-0.1, -0.05) is 6.07 Å². The molecule has 0 aliphatic rings. The zero-order valence-corrected chi connectivity index (χ0v) is 14.3. The van der Waals surface area contributed by atoms with Crippen molar-refractivity contribution in [2.45, 2.75) is 6.18 Å². The number of aromatic nitrogens is 2. The fraction of sp³-hybridized carbons (Fsp3) is 0.0625. The first-order valence-electron chi connectivity index (χ1n) is 7.10. The molecule has 0 aliphatic heterocycles. The molecule has 2 heterocycles. The molecule has 0 fully saturated rings. The van der Waals surface area contributed by atoms with E-state index < -0.39 is 29.3 Å². The van der Waals surface area contributed by atoms with E-state index in [0.29, 0.717) is 21.6 Å². The Morgan fingerprint density at radius 2 is 1.88 bits per heavy atom. The molecule has 134 valence electrons. The van der Waals surface area contributed by atoms with Crippen molar-refractivity contribution in [3.8, 4) is 0 Å². The highest BCUT2D eigenvalue weighted by Gasteiger charge is 2.34. The molecule has 1 aromatic carbocycles. The predicted octanol–water partition coefficient (Wildman–Crippen LogP) is 5.19. The van der Waals surface area contributed by atoms with Crippen LogP contribution in [-0.4, -0.2) is 16.0 Å². The highest BCUT2D eigenvalue weighted by molar-refractivity contribution is 9.10. The number of anilines is 2. The van der Waals surface area contributed by atoms with Crippen LogP contribution in [0.4, 0.5) is 33.9 Å². The molecule has 0 saturated heterocycles. The summed E-state index contributed by atoms with van der Waals surface area (Å²) in [5.41, 5.74) is -1.29. The first kappa shape index (κ1) is 18.1. The van der Waals surface area contributed by atoms with E-state index in [-0.39, 0.29) is 5.82 Å². The van der Waals surface area contributed by atoms with Gasteiger partial charge in [0.1, 0.15) is 21.8 Å². The van der Waals surface area contributed by atoms with Gasteiger partial charge < -0.3 is 5.32 Å². The zero-order valence-electron chi connectivity index (χ0n) is 12.7. The maximum atomic E-state index is 13.1. The Bertz CT molecular complexity index is 994. The highest BCUT2D eigenvalue weighted by Crippen LogP contribution is 2.35. The summed E-state index contributed by atoms with van der Waals surface area (Å²) in [6, 6.07) is 5.96. The minimum absolute atomic E-state index is 0.102. The van der Waals surface area contributed by atoms with Crippen LogP contribution in [0.5, 0.6) is 0 Å². The van der Waals surface area contributed by atoms with Crippen molar-refractivity contribution >= 4 is 44.4 Å². The Labute approximate surface area is 152 Å². The van der Waals surface area contributed by atoms with Gasteiger partial charge in [0.25, 0.3) is 0 Å². The Morgan fingerprint density at radius 3 is 2.62 bits per heavy atom. The second kappa shape index (κ2) is 6.87. The van der Waals surface area contributed by atoms with Crippen LogP contribution in [0.2, 0.25) is 0 Å². The number of carbonyl (C=O) groups is 1. The number of fused-ring (bicyclic) bond motifs is 1. The number of hydrogen-bond acceptors (Lipinski definition) is 3. The lowest BCUT2D eigenvalue weighted by molar-refractivity contribution is -0.137. The van der Waals surface area contributed by atoms with Gasteiger partial charge in [0, 0.05) is 11.6 Å². The molecule has 0 spiro atoms. The average molecular weight is 429 g/mol. The molecule has 2 N–H and O–H groups in total. The number of nitrogens with zero attached hydrogens (tertiary/aromatic N) is 2. The molecule has 10 heteroatoms. The monoisotopic (exact) mass is 428 g/mol. The van der Waals surface area contributed by atoms with E-state index in [1.807, 2.05) is 0 Å². The van der Waals surface area contributed by atoms with Crippen LogP contribution in [0.15, 0.2) is 47.2 Å². The van der Waals surface area contributed by atoms with E-state index >= 15 is 0 Å². The van der Waals surface area contributed by atoms with Crippen LogP contribution in [0.3, 0.4) is 0 Å². The zero-order chi connectivity index (χ0) is 18.9. The largest absolute Gasteiger partial charge is 0.418 e. The van der Waals surface area contributed by atoms with E-state index in [1.54, 1.807) is 18.3 Å². The molecule has 0 radical (unpaired) electrons. The smallest absolute Gasteiger partial charge is 0.307 e. The molecular formula is C16H9BrF4N4O. The lowest BCUT2D eigenvalue weighted by Gasteiger charge is -2.14. The Hall–Kier alpha value is -2.75. The average Bonchev–Trinajstić information content (AvgIpc) is 2.55. The topological polar surface area (TPSA) is 66.9 Å². The Kier molecular flexibility index (Phi) is 4.77. The summed E-state index contributed by atoms with van der Waals surface area (Å²) >= 11 is 3.21. The van der Waals surface area contributed by atoms with Crippen molar-refractivity contribution in [1.29, 1.82) is 0 Å². The maximum Gasteiger partial charge on any atom is 0.418 e. The van der Waals surface area contributed by atoms with Crippen molar-refractivity contribution < 1.29 is 22.4 Å². The molecule has 0 bridgehead atoms. The number of halogens is 5. The third-order valence-corrected chi connectivity index (χ3v) is 3.87. The minimum atomic E-state index is -4.82. The van der Waals surface area contributed by atoms with Gasteiger partial charge in [-0.3, -0.25) is 10.3 Å². The van der Waals surface area contributed by atoms with Crippen LogP contribution < -0.4 is 10.6 Å². The van der Waals surface area contributed by atoms with E-state index in [9.17, 15) is 22.4 Å². The SMILES string of the molecule is O=C(Nc1cc2cccnc2c(Br)n1)Nc1ccc(F)cc1C(F)(F)F. The fourth-order valence-corrected chi connectivity index (χ4v) is 2.76. The van der Waals surface area contributed by atoms with Crippen molar-refractivity contribution in [3.05, 3.63) is 58.6 Å². The van der Waals surface area contributed by atoms with Crippen molar-refractivity contribution in [2.75, 3.05) is 10.6 Å². The molecule has 2 aromatic heterocycles. The second-order valence-corrected chi connectivity index (χ2v) is 5.89. The van der Waals surface area contributed by atoms with Gasteiger partial charge in [0.15, 0.2) is 0 Å². The molecular weight excluding hydrogens is 420 g/mol. The van der Waals surface area contributed by atoms with Gasteiger partial charge in [-0.15, -0.1) is 0 Å². The number of nitrogens with one attached hydrogen (secondary N) is 2. The Balaban J connectivity index is 1.84. The highest BCUT2D eigenvalue weighted by atomic mass is 79.9. The van der Waals surface area contributed by atoms with E-state index in [0.717, 1.165) is 12.1 Å². The second-order valence-electron chi connectivity index (χ2n) is 5.14. The summed E-state index contributed by atoms with van der Waals surface area (Å²) in [6.45, 7) is 0. The summed E-state index contributed by atoms with van der Waals surface area (Å²) in [4.78, 5) is 20.2. The van der Waals surface area contributed by atoms with Gasteiger partial charge in [-0.05, 0) is 46.3 Å². The van der Waals surface area contributed by atoms with Crippen LogP contribution in [0.25, 0.3) is 10.9 Å². The van der Waals surface area contributed by atoms with Crippen LogP contribution >= 0.6 is 15.9 Å². The van der Waals surface area contributed by atoms with Gasteiger partial charge in [-0.2, -0.15) is 13.2 Å². The predicted molar refractivity (Wildman–Crippen MR) is 91.3 cm³/mol. The number of benzene rings is 1. The lowest BCUT2D eigenvalue weighted by Crippen LogP contribution is -2.22. The number of amides is 2.